The average molecular weight is 304 g/mol. The van der Waals surface area contributed by atoms with Crippen LogP contribution in [0.15, 0.2) is 12.5 Å². The molecule has 2 amide bonds. The summed E-state index contributed by atoms with van der Waals surface area (Å²) < 4.78 is 1.76. The Kier molecular flexibility index (Phi) is 3.70. The largest absolute Gasteiger partial charge is 0.340 e. The van der Waals surface area contributed by atoms with Crippen LogP contribution in [0.5, 0.6) is 0 Å². The summed E-state index contributed by atoms with van der Waals surface area (Å²) in [6, 6.07) is 0.178. The molecule has 2 fully saturated rings. The molecule has 1 atom stereocenters. The van der Waals surface area contributed by atoms with Gasteiger partial charge in [-0.2, -0.15) is 0 Å². The van der Waals surface area contributed by atoms with Gasteiger partial charge in [-0.15, -0.1) is 0 Å². The van der Waals surface area contributed by atoms with Crippen molar-refractivity contribution in [2.45, 2.75) is 51.1 Å². The number of rotatable bonds is 2. The van der Waals surface area contributed by atoms with Gasteiger partial charge in [0.1, 0.15) is 11.2 Å². The Morgan fingerprint density at radius 1 is 1.27 bits per heavy atom. The fourth-order valence-electron chi connectivity index (χ4n) is 3.83. The highest BCUT2D eigenvalue weighted by atomic mass is 16.2. The number of carbonyl (C=O) groups excluding carboxylic acids is 2. The third-order valence-corrected chi connectivity index (χ3v) is 4.93. The van der Waals surface area contributed by atoms with Crippen molar-refractivity contribution in [3.05, 3.63) is 18.2 Å². The lowest BCUT2D eigenvalue weighted by Crippen LogP contribution is -2.62. The van der Waals surface area contributed by atoms with Gasteiger partial charge in [0.05, 0.1) is 6.33 Å². The summed E-state index contributed by atoms with van der Waals surface area (Å²) in [5.74, 6) is 0.00703. The fourth-order valence-corrected chi connectivity index (χ4v) is 3.83. The maximum absolute atomic E-state index is 13.0. The molecule has 2 saturated heterocycles. The van der Waals surface area contributed by atoms with Gasteiger partial charge in [0.25, 0.3) is 5.91 Å². The number of imidazole rings is 1. The summed E-state index contributed by atoms with van der Waals surface area (Å²) >= 11 is 0. The van der Waals surface area contributed by atoms with Crippen molar-refractivity contribution < 1.29 is 9.59 Å². The molecule has 1 aromatic heterocycles. The monoisotopic (exact) mass is 304 g/mol. The number of nitrogens with zero attached hydrogens (tertiary/aromatic N) is 4. The molecule has 0 N–H and O–H groups in total. The van der Waals surface area contributed by atoms with Crippen molar-refractivity contribution in [1.29, 1.82) is 0 Å². The molecule has 0 aliphatic carbocycles. The second kappa shape index (κ2) is 5.41. The molecule has 120 valence electrons. The Morgan fingerprint density at radius 3 is 2.55 bits per heavy atom. The van der Waals surface area contributed by atoms with E-state index in [4.69, 9.17) is 0 Å². The number of piperidine rings is 1. The fraction of sp³-hybridized carbons (Fsp3) is 0.688. The first-order chi connectivity index (χ1) is 10.5. The zero-order valence-corrected chi connectivity index (χ0v) is 13.6. The standard InChI is InChI=1S/C16H24N4O2/c1-12(2)19-8-4-6-16(15(19)22)7-5-9-20(16)14(21)13-10-18(3)11-17-13/h10-12H,4-9H2,1-3H3. The van der Waals surface area contributed by atoms with Gasteiger partial charge in [-0.3, -0.25) is 9.59 Å². The zero-order valence-electron chi connectivity index (χ0n) is 13.6. The van der Waals surface area contributed by atoms with Gasteiger partial charge in [-0.05, 0) is 39.5 Å². The van der Waals surface area contributed by atoms with E-state index in [0.717, 1.165) is 32.2 Å². The molecule has 22 heavy (non-hydrogen) atoms. The minimum absolute atomic E-state index is 0.114. The molecule has 1 aromatic rings. The van der Waals surface area contributed by atoms with Gasteiger partial charge in [0.15, 0.2) is 0 Å². The van der Waals surface area contributed by atoms with Crippen molar-refractivity contribution in [1.82, 2.24) is 19.4 Å². The van der Waals surface area contributed by atoms with Crippen molar-refractivity contribution in [2.24, 2.45) is 7.05 Å². The van der Waals surface area contributed by atoms with Crippen molar-refractivity contribution in [3.8, 4) is 0 Å². The lowest BCUT2D eigenvalue weighted by atomic mass is 9.84. The highest BCUT2D eigenvalue weighted by Gasteiger charge is 2.53. The molecule has 3 heterocycles. The molecule has 0 aromatic carbocycles. The number of aryl methyl sites for hydroxylation is 1. The molecule has 2 aliphatic rings. The van der Waals surface area contributed by atoms with Crippen molar-refractivity contribution in [3.63, 3.8) is 0 Å². The van der Waals surface area contributed by atoms with Crippen LogP contribution in [0.3, 0.4) is 0 Å². The Bertz CT molecular complexity index is 595. The first-order valence-electron chi connectivity index (χ1n) is 8.07. The van der Waals surface area contributed by atoms with Crippen molar-refractivity contribution >= 4 is 11.8 Å². The number of aromatic nitrogens is 2. The molecular formula is C16H24N4O2. The topological polar surface area (TPSA) is 58.4 Å². The SMILES string of the molecule is CC(C)N1CCCC2(CCCN2C(=O)c2cn(C)cn2)C1=O. The quantitative estimate of drug-likeness (QED) is 0.830. The maximum atomic E-state index is 13.0. The molecule has 6 heteroatoms. The van der Waals surface area contributed by atoms with E-state index < -0.39 is 5.54 Å². The normalized spacial score (nSPS) is 25.5. The van der Waals surface area contributed by atoms with E-state index in [9.17, 15) is 9.59 Å². The molecule has 1 unspecified atom stereocenters. The van der Waals surface area contributed by atoms with E-state index in [2.05, 4.69) is 4.98 Å². The number of hydrogen-bond acceptors (Lipinski definition) is 3. The molecule has 1 spiro atoms. The van der Waals surface area contributed by atoms with E-state index in [1.54, 1.807) is 22.0 Å². The summed E-state index contributed by atoms with van der Waals surface area (Å²) in [4.78, 5) is 33.8. The van der Waals surface area contributed by atoms with Crippen LogP contribution in [-0.4, -0.2) is 55.8 Å². The number of hydrogen-bond donors (Lipinski definition) is 0. The summed E-state index contributed by atoms with van der Waals surface area (Å²) in [7, 11) is 1.84. The van der Waals surface area contributed by atoms with Gasteiger partial charge in [-0.1, -0.05) is 0 Å². The Hall–Kier alpha value is -1.85. The molecule has 2 aliphatic heterocycles. The first kappa shape index (κ1) is 15.1. The minimum atomic E-state index is -0.642. The van der Waals surface area contributed by atoms with Gasteiger partial charge in [0.2, 0.25) is 5.91 Å². The average Bonchev–Trinajstić information content (AvgIpc) is 3.08. The second-order valence-corrected chi connectivity index (χ2v) is 6.71. The maximum Gasteiger partial charge on any atom is 0.274 e. The summed E-state index contributed by atoms with van der Waals surface area (Å²) in [5, 5.41) is 0. The predicted molar refractivity (Wildman–Crippen MR) is 82.3 cm³/mol. The molecule has 3 rings (SSSR count). The highest BCUT2D eigenvalue weighted by molar-refractivity contribution is 5.98. The van der Waals surface area contributed by atoms with E-state index in [1.807, 2.05) is 25.8 Å². The molecule has 0 bridgehead atoms. The van der Waals surface area contributed by atoms with Crippen LogP contribution < -0.4 is 0 Å². The molecule has 6 nitrogen and oxygen atoms in total. The minimum Gasteiger partial charge on any atom is -0.340 e. The lowest BCUT2D eigenvalue weighted by Gasteiger charge is -2.45. The van der Waals surface area contributed by atoms with Crippen LogP contribution >= 0.6 is 0 Å². The summed E-state index contributed by atoms with van der Waals surface area (Å²) in [6.45, 7) is 5.52. The second-order valence-electron chi connectivity index (χ2n) is 6.71. The molecule has 0 saturated carbocycles. The first-order valence-corrected chi connectivity index (χ1v) is 8.07. The molecule has 0 radical (unpaired) electrons. The van der Waals surface area contributed by atoms with Crippen LogP contribution in [0.4, 0.5) is 0 Å². The summed E-state index contributed by atoms with van der Waals surface area (Å²) in [5.41, 5.74) is -0.213. The number of amides is 2. The van der Waals surface area contributed by atoms with Crippen LogP contribution in [0.1, 0.15) is 50.0 Å². The van der Waals surface area contributed by atoms with E-state index in [-0.39, 0.29) is 17.9 Å². The van der Waals surface area contributed by atoms with E-state index in [0.29, 0.717) is 12.2 Å². The van der Waals surface area contributed by atoms with Gasteiger partial charge >= 0.3 is 0 Å². The summed E-state index contributed by atoms with van der Waals surface area (Å²) in [6.07, 6.45) is 6.73. The smallest absolute Gasteiger partial charge is 0.274 e. The van der Waals surface area contributed by atoms with Gasteiger partial charge < -0.3 is 14.4 Å². The van der Waals surface area contributed by atoms with Crippen LogP contribution in [0.2, 0.25) is 0 Å². The number of carbonyl (C=O) groups is 2. The van der Waals surface area contributed by atoms with Crippen LogP contribution in [0, 0.1) is 0 Å². The Balaban J connectivity index is 1.91. The lowest BCUT2D eigenvalue weighted by molar-refractivity contribution is -0.147. The van der Waals surface area contributed by atoms with Crippen molar-refractivity contribution in [2.75, 3.05) is 13.1 Å². The van der Waals surface area contributed by atoms with Gasteiger partial charge in [0, 0.05) is 32.4 Å². The zero-order chi connectivity index (χ0) is 15.9. The molecular weight excluding hydrogens is 280 g/mol. The Labute approximate surface area is 131 Å². The number of likely N-dealkylation sites (tertiary alicyclic amines) is 2. The van der Waals surface area contributed by atoms with Gasteiger partial charge in [-0.25, -0.2) is 4.98 Å². The van der Waals surface area contributed by atoms with Crippen LogP contribution in [0.25, 0.3) is 0 Å². The van der Waals surface area contributed by atoms with E-state index in [1.165, 1.54) is 0 Å². The third kappa shape index (κ3) is 2.21. The van der Waals surface area contributed by atoms with E-state index >= 15 is 0 Å². The predicted octanol–water partition coefficient (Wildman–Crippen LogP) is 1.43. The highest BCUT2D eigenvalue weighted by Crippen LogP contribution is 2.39. The van der Waals surface area contributed by atoms with Crippen LogP contribution in [-0.2, 0) is 11.8 Å². The third-order valence-electron chi connectivity index (χ3n) is 4.93. The Morgan fingerprint density at radius 2 is 1.95 bits per heavy atom.